The van der Waals surface area contributed by atoms with E-state index in [-0.39, 0.29) is 6.42 Å². The van der Waals surface area contributed by atoms with Gasteiger partial charge in [-0.15, -0.1) is 0 Å². The Morgan fingerprint density at radius 3 is 2.64 bits per heavy atom. The van der Waals surface area contributed by atoms with Crippen LogP contribution in [0.3, 0.4) is 0 Å². The minimum Gasteiger partial charge on any atom is -0.481 e. The molecule has 1 aromatic carbocycles. The molecule has 0 fully saturated rings. The summed E-state index contributed by atoms with van der Waals surface area (Å²) < 4.78 is 0.839. The fraction of sp³-hybridized carbons (Fsp3) is 0.300. The van der Waals surface area contributed by atoms with Crippen molar-refractivity contribution in [2.24, 2.45) is 5.73 Å². The third-order valence-corrected chi connectivity index (χ3v) is 2.70. The van der Waals surface area contributed by atoms with Gasteiger partial charge >= 0.3 is 5.97 Å². The first kappa shape index (κ1) is 11.2. The lowest BCUT2D eigenvalue weighted by Gasteiger charge is -2.24. The highest BCUT2D eigenvalue weighted by atomic mass is 79.9. The molecule has 3 N–H and O–H groups in total. The standard InChI is InChI=1S/C10H12BrNO2/c1-10(12,6-9(13)14)7-4-2-3-5-8(7)11/h2-5H,6,12H2,1H3,(H,13,14). The molecule has 4 heteroatoms. The molecule has 0 aliphatic rings. The summed E-state index contributed by atoms with van der Waals surface area (Å²) in [6, 6.07) is 7.38. The first-order valence-electron chi connectivity index (χ1n) is 4.19. The normalized spacial score (nSPS) is 14.8. The van der Waals surface area contributed by atoms with Gasteiger partial charge in [0.1, 0.15) is 0 Å². The SMILES string of the molecule is CC(N)(CC(=O)O)c1ccccc1Br. The number of aliphatic carboxylic acids is 1. The number of carboxylic acid groups (broad SMARTS) is 1. The fourth-order valence-electron chi connectivity index (χ4n) is 1.33. The van der Waals surface area contributed by atoms with Crippen LogP contribution >= 0.6 is 15.9 Å². The van der Waals surface area contributed by atoms with Gasteiger partial charge in [0.05, 0.1) is 6.42 Å². The summed E-state index contributed by atoms with van der Waals surface area (Å²) in [6.07, 6.45) is -0.0877. The maximum absolute atomic E-state index is 10.6. The van der Waals surface area contributed by atoms with Crippen molar-refractivity contribution in [2.45, 2.75) is 18.9 Å². The highest BCUT2D eigenvalue weighted by Crippen LogP contribution is 2.28. The van der Waals surface area contributed by atoms with Crippen LogP contribution < -0.4 is 5.73 Å². The maximum atomic E-state index is 10.6. The fourth-order valence-corrected chi connectivity index (χ4v) is 2.07. The van der Waals surface area contributed by atoms with Gasteiger partial charge in [0.2, 0.25) is 0 Å². The average molecular weight is 258 g/mol. The van der Waals surface area contributed by atoms with Gasteiger partial charge in [-0.2, -0.15) is 0 Å². The number of carbonyl (C=O) groups is 1. The topological polar surface area (TPSA) is 63.3 Å². The van der Waals surface area contributed by atoms with Crippen molar-refractivity contribution in [3.8, 4) is 0 Å². The summed E-state index contributed by atoms with van der Waals surface area (Å²) in [5, 5.41) is 8.71. The number of nitrogens with two attached hydrogens (primary N) is 1. The molecule has 1 rings (SSSR count). The van der Waals surface area contributed by atoms with Gasteiger partial charge in [-0.3, -0.25) is 4.79 Å². The molecule has 0 aliphatic heterocycles. The minimum atomic E-state index is -0.897. The molecule has 1 unspecified atom stereocenters. The van der Waals surface area contributed by atoms with Crippen LogP contribution in [0.15, 0.2) is 28.7 Å². The van der Waals surface area contributed by atoms with Crippen LogP contribution in [-0.2, 0) is 10.3 Å². The molecule has 0 aliphatic carbocycles. The number of benzene rings is 1. The number of rotatable bonds is 3. The van der Waals surface area contributed by atoms with E-state index in [1.54, 1.807) is 6.92 Å². The van der Waals surface area contributed by atoms with Crippen molar-refractivity contribution in [3.63, 3.8) is 0 Å². The molecule has 0 heterocycles. The van der Waals surface area contributed by atoms with Crippen molar-refractivity contribution < 1.29 is 9.90 Å². The Hall–Kier alpha value is -0.870. The molecule has 0 aromatic heterocycles. The molecule has 0 amide bonds. The highest BCUT2D eigenvalue weighted by molar-refractivity contribution is 9.10. The molecule has 3 nitrogen and oxygen atoms in total. The van der Waals surface area contributed by atoms with Crippen LogP contribution in [0.5, 0.6) is 0 Å². The first-order valence-corrected chi connectivity index (χ1v) is 4.98. The smallest absolute Gasteiger partial charge is 0.305 e. The van der Waals surface area contributed by atoms with Crippen LogP contribution in [0.2, 0.25) is 0 Å². The predicted octanol–water partition coefficient (Wildman–Crippen LogP) is 2.10. The van der Waals surface area contributed by atoms with Crippen molar-refractivity contribution in [1.29, 1.82) is 0 Å². The second kappa shape index (κ2) is 4.11. The van der Waals surface area contributed by atoms with Gasteiger partial charge in [-0.05, 0) is 18.6 Å². The zero-order chi connectivity index (χ0) is 10.8. The van der Waals surface area contributed by atoms with Gasteiger partial charge < -0.3 is 10.8 Å². The summed E-state index contributed by atoms with van der Waals surface area (Å²) in [5.41, 5.74) is 5.90. The lowest BCUT2D eigenvalue weighted by atomic mass is 9.90. The van der Waals surface area contributed by atoms with Crippen molar-refractivity contribution in [2.75, 3.05) is 0 Å². The number of carboxylic acids is 1. The number of hydrogen-bond donors (Lipinski definition) is 2. The summed E-state index contributed by atoms with van der Waals surface area (Å²) in [5.74, 6) is -0.897. The molecule has 1 atom stereocenters. The monoisotopic (exact) mass is 257 g/mol. The Kier molecular flexibility index (Phi) is 3.29. The molecular weight excluding hydrogens is 246 g/mol. The second-order valence-corrected chi connectivity index (χ2v) is 4.32. The molecule has 14 heavy (non-hydrogen) atoms. The predicted molar refractivity (Wildman–Crippen MR) is 57.9 cm³/mol. The largest absolute Gasteiger partial charge is 0.481 e. The van der Waals surface area contributed by atoms with Crippen LogP contribution in [0.25, 0.3) is 0 Å². The molecule has 0 saturated carbocycles. The van der Waals surface area contributed by atoms with Gasteiger partial charge in [0.15, 0.2) is 0 Å². The zero-order valence-electron chi connectivity index (χ0n) is 7.83. The molecule has 0 saturated heterocycles. The Balaban J connectivity index is 3.03. The lowest BCUT2D eigenvalue weighted by Crippen LogP contribution is -2.35. The van der Waals surface area contributed by atoms with E-state index in [1.807, 2.05) is 24.3 Å². The molecule has 0 radical (unpaired) electrons. The Labute approximate surface area is 91.1 Å². The summed E-state index contributed by atoms with van der Waals surface area (Å²) >= 11 is 3.35. The van der Waals surface area contributed by atoms with Crippen LogP contribution in [0.4, 0.5) is 0 Å². The van der Waals surface area contributed by atoms with Gasteiger partial charge in [0.25, 0.3) is 0 Å². The van der Waals surface area contributed by atoms with Gasteiger partial charge in [-0.1, -0.05) is 34.1 Å². The summed E-state index contributed by atoms with van der Waals surface area (Å²) in [4.78, 5) is 10.6. The number of halogens is 1. The highest BCUT2D eigenvalue weighted by Gasteiger charge is 2.26. The van der Waals surface area contributed by atoms with Crippen LogP contribution in [0, 0.1) is 0 Å². The van der Waals surface area contributed by atoms with E-state index in [0.29, 0.717) is 0 Å². The lowest BCUT2D eigenvalue weighted by molar-refractivity contribution is -0.138. The molecule has 0 bridgehead atoms. The van der Waals surface area contributed by atoms with Crippen LogP contribution in [0.1, 0.15) is 18.9 Å². The molecular formula is C10H12BrNO2. The maximum Gasteiger partial charge on any atom is 0.305 e. The molecule has 0 spiro atoms. The van der Waals surface area contributed by atoms with E-state index < -0.39 is 11.5 Å². The second-order valence-electron chi connectivity index (χ2n) is 3.47. The van der Waals surface area contributed by atoms with Crippen LogP contribution in [-0.4, -0.2) is 11.1 Å². The van der Waals surface area contributed by atoms with E-state index >= 15 is 0 Å². The van der Waals surface area contributed by atoms with Gasteiger partial charge in [0, 0.05) is 10.0 Å². The molecule has 1 aromatic rings. The van der Waals surface area contributed by atoms with Crippen molar-refractivity contribution >= 4 is 21.9 Å². The summed E-state index contributed by atoms with van der Waals surface area (Å²) in [7, 11) is 0. The number of hydrogen-bond acceptors (Lipinski definition) is 2. The summed E-state index contributed by atoms with van der Waals surface area (Å²) in [6.45, 7) is 1.71. The quantitative estimate of drug-likeness (QED) is 0.872. The van der Waals surface area contributed by atoms with Crippen molar-refractivity contribution in [3.05, 3.63) is 34.3 Å². The van der Waals surface area contributed by atoms with Crippen molar-refractivity contribution in [1.82, 2.24) is 0 Å². The minimum absolute atomic E-state index is 0.0877. The van der Waals surface area contributed by atoms with E-state index in [9.17, 15) is 4.79 Å². The van der Waals surface area contributed by atoms with E-state index in [4.69, 9.17) is 10.8 Å². The first-order chi connectivity index (χ1) is 6.43. The van der Waals surface area contributed by atoms with Gasteiger partial charge in [-0.25, -0.2) is 0 Å². The molecule has 76 valence electrons. The van der Waals surface area contributed by atoms with E-state index in [1.165, 1.54) is 0 Å². The Morgan fingerprint density at radius 1 is 1.57 bits per heavy atom. The van der Waals surface area contributed by atoms with E-state index in [0.717, 1.165) is 10.0 Å². The third-order valence-electron chi connectivity index (χ3n) is 2.01. The zero-order valence-corrected chi connectivity index (χ0v) is 9.41. The third kappa shape index (κ3) is 2.56. The van der Waals surface area contributed by atoms with E-state index in [2.05, 4.69) is 15.9 Å². The average Bonchev–Trinajstić information content (AvgIpc) is 2.02. The Morgan fingerprint density at radius 2 is 2.14 bits per heavy atom. The Bertz CT molecular complexity index is 350.